The van der Waals surface area contributed by atoms with Crippen molar-refractivity contribution < 1.29 is 18.4 Å². The van der Waals surface area contributed by atoms with Crippen molar-refractivity contribution in [2.75, 3.05) is 13.1 Å². The fraction of sp³-hybridized carbons (Fsp3) is 0.385. The molecule has 3 amide bonds. The Balaban J connectivity index is 2.46. The van der Waals surface area contributed by atoms with Crippen molar-refractivity contribution >= 4 is 11.9 Å². The lowest BCUT2D eigenvalue weighted by Gasteiger charge is -2.14. The van der Waals surface area contributed by atoms with E-state index in [-0.39, 0.29) is 12.6 Å². The van der Waals surface area contributed by atoms with E-state index in [1.165, 1.54) is 6.07 Å². The van der Waals surface area contributed by atoms with Gasteiger partial charge in [0.15, 0.2) is 11.6 Å². The van der Waals surface area contributed by atoms with Crippen LogP contribution < -0.4 is 16.0 Å². The van der Waals surface area contributed by atoms with Crippen LogP contribution in [0.5, 0.6) is 0 Å². The predicted octanol–water partition coefficient (Wildman–Crippen LogP) is 1.46. The molecule has 110 valence electrons. The van der Waals surface area contributed by atoms with Crippen molar-refractivity contribution in [3.63, 3.8) is 0 Å². The maximum Gasteiger partial charge on any atom is 0.321 e. The first kappa shape index (κ1) is 16.0. The number of carbonyl (C=O) groups is 2. The molecule has 20 heavy (non-hydrogen) atoms. The molecule has 0 aliphatic rings. The van der Waals surface area contributed by atoms with Crippen LogP contribution in [0.1, 0.15) is 25.5 Å². The van der Waals surface area contributed by atoms with Gasteiger partial charge >= 0.3 is 6.03 Å². The van der Waals surface area contributed by atoms with Gasteiger partial charge in [0.25, 0.3) is 0 Å². The van der Waals surface area contributed by atoms with Gasteiger partial charge in [-0.3, -0.25) is 10.1 Å². The standard InChI is InChI=1S/C13H17F2N3O2/c1-3-16-13(20)18-12(19)7-17-8(2)9-4-5-10(14)11(15)6-9/h4-6,8,17H,3,7H2,1-2H3,(H2,16,18,19,20)/t8-/m0/s1. The SMILES string of the molecule is CCNC(=O)NC(=O)CN[C@@H](C)c1ccc(F)c(F)c1. The number of hydrogen-bond donors (Lipinski definition) is 3. The average molecular weight is 285 g/mol. The Morgan fingerprint density at radius 2 is 1.95 bits per heavy atom. The maximum absolute atomic E-state index is 13.1. The molecular formula is C13H17F2N3O2. The Labute approximate surface area is 115 Å². The van der Waals surface area contributed by atoms with Gasteiger partial charge in [-0.05, 0) is 31.5 Å². The van der Waals surface area contributed by atoms with Gasteiger partial charge in [-0.2, -0.15) is 0 Å². The average Bonchev–Trinajstić information content (AvgIpc) is 2.39. The summed E-state index contributed by atoms with van der Waals surface area (Å²) in [6, 6.07) is 2.59. The fourth-order valence-electron chi connectivity index (χ4n) is 1.52. The number of imide groups is 1. The molecule has 0 heterocycles. The number of carbonyl (C=O) groups excluding carboxylic acids is 2. The second-order valence-electron chi connectivity index (χ2n) is 4.18. The van der Waals surface area contributed by atoms with Crippen LogP contribution in [0, 0.1) is 11.6 Å². The highest BCUT2D eigenvalue weighted by atomic mass is 19.2. The van der Waals surface area contributed by atoms with E-state index in [0.717, 1.165) is 12.1 Å². The summed E-state index contributed by atoms with van der Waals surface area (Å²) in [6.07, 6.45) is 0. The smallest absolute Gasteiger partial charge is 0.321 e. The number of hydrogen-bond acceptors (Lipinski definition) is 3. The van der Waals surface area contributed by atoms with E-state index in [1.54, 1.807) is 13.8 Å². The number of halogens is 2. The Hall–Kier alpha value is -2.02. The first-order valence-corrected chi connectivity index (χ1v) is 6.20. The van der Waals surface area contributed by atoms with Crippen LogP contribution >= 0.6 is 0 Å². The lowest BCUT2D eigenvalue weighted by Crippen LogP contribution is -2.43. The van der Waals surface area contributed by atoms with E-state index >= 15 is 0 Å². The van der Waals surface area contributed by atoms with Gasteiger partial charge in [0.2, 0.25) is 5.91 Å². The Morgan fingerprint density at radius 3 is 2.55 bits per heavy atom. The van der Waals surface area contributed by atoms with Crippen molar-refractivity contribution in [3.8, 4) is 0 Å². The van der Waals surface area contributed by atoms with E-state index in [0.29, 0.717) is 12.1 Å². The van der Waals surface area contributed by atoms with Crippen molar-refractivity contribution in [1.29, 1.82) is 0 Å². The van der Waals surface area contributed by atoms with E-state index in [1.807, 2.05) is 0 Å². The third-order valence-corrected chi connectivity index (χ3v) is 2.60. The molecule has 0 aromatic heterocycles. The van der Waals surface area contributed by atoms with Crippen LogP contribution in [-0.2, 0) is 4.79 Å². The minimum Gasteiger partial charge on any atom is -0.338 e. The summed E-state index contributed by atoms with van der Waals surface area (Å²) in [7, 11) is 0. The minimum absolute atomic E-state index is 0.114. The predicted molar refractivity (Wildman–Crippen MR) is 70.0 cm³/mol. The second kappa shape index (κ2) is 7.54. The Bertz CT molecular complexity index is 495. The zero-order valence-corrected chi connectivity index (χ0v) is 11.3. The van der Waals surface area contributed by atoms with Crippen LogP contribution in [0.25, 0.3) is 0 Å². The largest absolute Gasteiger partial charge is 0.338 e. The Morgan fingerprint density at radius 1 is 1.25 bits per heavy atom. The molecule has 1 rings (SSSR count). The molecule has 1 atom stereocenters. The normalized spacial score (nSPS) is 11.8. The fourth-order valence-corrected chi connectivity index (χ4v) is 1.52. The van der Waals surface area contributed by atoms with Gasteiger partial charge in [0.1, 0.15) is 0 Å². The molecule has 7 heteroatoms. The molecule has 0 radical (unpaired) electrons. The van der Waals surface area contributed by atoms with Crippen molar-refractivity contribution in [2.24, 2.45) is 0 Å². The molecule has 1 aromatic rings. The van der Waals surface area contributed by atoms with Gasteiger partial charge in [0.05, 0.1) is 6.54 Å². The molecule has 0 bridgehead atoms. The van der Waals surface area contributed by atoms with Crippen molar-refractivity contribution in [2.45, 2.75) is 19.9 Å². The molecule has 1 aromatic carbocycles. The van der Waals surface area contributed by atoms with Gasteiger partial charge in [-0.1, -0.05) is 6.07 Å². The number of nitrogens with one attached hydrogen (secondary N) is 3. The van der Waals surface area contributed by atoms with Crippen molar-refractivity contribution in [3.05, 3.63) is 35.4 Å². The number of rotatable bonds is 5. The summed E-state index contributed by atoms with van der Waals surface area (Å²) >= 11 is 0. The third-order valence-electron chi connectivity index (χ3n) is 2.60. The van der Waals surface area contributed by atoms with Crippen LogP contribution in [-0.4, -0.2) is 25.0 Å². The molecule has 0 saturated heterocycles. The van der Waals surface area contributed by atoms with Gasteiger partial charge in [0, 0.05) is 12.6 Å². The highest BCUT2D eigenvalue weighted by Gasteiger charge is 2.11. The zero-order valence-electron chi connectivity index (χ0n) is 11.3. The molecular weight excluding hydrogens is 268 g/mol. The summed E-state index contributed by atoms with van der Waals surface area (Å²) in [5.74, 6) is -2.37. The number of benzene rings is 1. The molecule has 0 saturated carbocycles. The number of urea groups is 1. The summed E-state index contributed by atoms with van der Waals surface area (Å²) in [5.41, 5.74) is 0.509. The second-order valence-corrected chi connectivity index (χ2v) is 4.18. The summed E-state index contributed by atoms with van der Waals surface area (Å²) in [6.45, 7) is 3.73. The quantitative estimate of drug-likeness (QED) is 0.767. The first-order chi connectivity index (χ1) is 9.43. The highest BCUT2D eigenvalue weighted by molar-refractivity contribution is 5.95. The monoisotopic (exact) mass is 285 g/mol. The maximum atomic E-state index is 13.1. The lowest BCUT2D eigenvalue weighted by molar-refractivity contribution is -0.119. The van der Waals surface area contributed by atoms with Crippen LogP contribution in [0.3, 0.4) is 0 Å². The molecule has 0 aliphatic carbocycles. The summed E-state index contributed by atoms with van der Waals surface area (Å²) in [5, 5.41) is 7.35. The first-order valence-electron chi connectivity index (χ1n) is 6.20. The third kappa shape index (κ3) is 4.93. The zero-order chi connectivity index (χ0) is 15.1. The van der Waals surface area contributed by atoms with Crippen LogP contribution in [0.15, 0.2) is 18.2 Å². The van der Waals surface area contributed by atoms with Gasteiger partial charge in [-0.25, -0.2) is 13.6 Å². The topological polar surface area (TPSA) is 70.2 Å². The minimum atomic E-state index is -0.942. The molecule has 0 fully saturated rings. The molecule has 0 spiro atoms. The van der Waals surface area contributed by atoms with E-state index < -0.39 is 23.6 Å². The summed E-state index contributed by atoms with van der Waals surface area (Å²) < 4.78 is 25.8. The van der Waals surface area contributed by atoms with Gasteiger partial charge in [-0.15, -0.1) is 0 Å². The van der Waals surface area contributed by atoms with Crippen LogP contribution in [0.2, 0.25) is 0 Å². The lowest BCUT2D eigenvalue weighted by atomic mass is 10.1. The van der Waals surface area contributed by atoms with E-state index in [9.17, 15) is 18.4 Å². The van der Waals surface area contributed by atoms with E-state index in [2.05, 4.69) is 16.0 Å². The molecule has 0 unspecified atom stereocenters. The molecule has 0 aliphatic heterocycles. The Kier molecular flexibility index (Phi) is 6.05. The number of amides is 3. The summed E-state index contributed by atoms with van der Waals surface area (Å²) in [4.78, 5) is 22.5. The van der Waals surface area contributed by atoms with E-state index in [4.69, 9.17) is 0 Å². The van der Waals surface area contributed by atoms with Crippen molar-refractivity contribution in [1.82, 2.24) is 16.0 Å². The molecule has 3 N–H and O–H groups in total. The van der Waals surface area contributed by atoms with Crippen LogP contribution in [0.4, 0.5) is 13.6 Å². The van der Waals surface area contributed by atoms with Gasteiger partial charge < -0.3 is 10.6 Å². The molecule has 5 nitrogen and oxygen atoms in total. The highest BCUT2D eigenvalue weighted by Crippen LogP contribution is 2.15.